The molecule has 2 aromatic heterocycles. The van der Waals surface area contributed by atoms with E-state index in [4.69, 9.17) is 0 Å². The first-order valence-corrected chi connectivity index (χ1v) is 15.5. The molecule has 42 heavy (non-hydrogen) atoms. The summed E-state index contributed by atoms with van der Waals surface area (Å²) in [6, 6.07) is 11.5. The maximum absolute atomic E-state index is 13.6. The Balaban J connectivity index is 1.37. The fourth-order valence-electron chi connectivity index (χ4n) is 5.16. The normalized spacial score (nSPS) is 22.3. The molecule has 2 aliphatic rings. The number of aromatic nitrogens is 2. The van der Waals surface area contributed by atoms with Crippen molar-refractivity contribution in [3.8, 4) is 0 Å². The average molecular weight is 591 g/mol. The second-order valence-corrected chi connectivity index (χ2v) is 12.3. The summed E-state index contributed by atoms with van der Waals surface area (Å²) in [6.07, 6.45) is 5.96. The van der Waals surface area contributed by atoms with E-state index in [2.05, 4.69) is 26.3 Å². The van der Waals surface area contributed by atoms with E-state index in [1.54, 1.807) is 11.4 Å². The summed E-state index contributed by atoms with van der Waals surface area (Å²) in [5, 5.41) is 14.1. The summed E-state index contributed by atoms with van der Waals surface area (Å²) >= 11 is 1.29. The molecule has 0 saturated heterocycles. The maximum atomic E-state index is 13.6. The van der Waals surface area contributed by atoms with E-state index in [9.17, 15) is 19.2 Å². The number of hydrogen-bond donors (Lipinski definition) is 4. The molecular formula is C31H38N6O4S. The van der Waals surface area contributed by atoms with E-state index in [-0.39, 0.29) is 29.3 Å². The average Bonchev–Trinajstić information content (AvgIpc) is 3.48. The van der Waals surface area contributed by atoms with Crippen LogP contribution in [0.2, 0.25) is 0 Å². The van der Waals surface area contributed by atoms with Crippen molar-refractivity contribution in [2.75, 3.05) is 6.54 Å². The van der Waals surface area contributed by atoms with Gasteiger partial charge in [0.2, 0.25) is 11.8 Å². The molecule has 3 heterocycles. The van der Waals surface area contributed by atoms with Gasteiger partial charge in [-0.1, -0.05) is 44.2 Å². The maximum Gasteiger partial charge on any atom is 0.271 e. The Morgan fingerprint density at radius 3 is 2.55 bits per heavy atom. The zero-order valence-electron chi connectivity index (χ0n) is 24.0. The third-order valence-corrected chi connectivity index (χ3v) is 8.61. The van der Waals surface area contributed by atoms with Crippen molar-refractivity contribution in [1.29, 1.82) is 0 Å². The van der Waals surface area contributed by atoms with Crippen LogP contribution in [0, 0.1) is 5.92 Å². The molecule has 2 bridgehead atoms. The largest absolute Gasteiger partial charge is 0.354 e. The van der Waals surface area contributed by atoms with Crippen molar-refractivity contribution in [3.05, 3.63) is 76.0 Å². The predicted molar refractivity (Wildman–Crippen MR) is 160 cm³/mol. The van der Waals surface area contributed by atoms with Crippen molar-refractivity contribution >= 4 is 35.0 Å². The number of amides is 4. The third kappa shape index (κ3) is 7.25. The number of benzene rings is 1. The summed E-state index contributed by atoms with van der Waals surface area (Å²) in [6.45, 7) is 4.32. The molecule has 222 valence electrons. The van der Waals surface area contributed by atoms with Gasteiger partial charge in [-0.25, -0.2) is 4.98 Å². The lowest BCUT2D eigenvalue weighted by molar-refractivity contribution is -0.124. The van der Waals surface area contributed by atoms with E-state index in [0.717, 1.165) is 18.4 Å². The number of hydrogen-bond acceptors (Lipinski definition) is 6. The summed E-state index contributed by atoms with van der Waals surface area (Å²) in [7, 11) is 0. The van der Waals surface area contributed by atoms with Gasteiger partial charge in [0.05, 0.1) is 6.04 Å². The summed E-state index contributed by atoms with van der Waals surface area (Å²) in [5.41, 5.74) is 1.67. The van der Waals surface area contributed by atoms with Gasteiger partial charge in [0, 0.05) is 30.6 Å². The highest BCUT2D eigenvalue weighted by atomic mass is 32.1. The molecule has 5 rings (SSSR count). The lowest BCUT2D eigenvalue weighted by Gasteiger charge is -2.25. The van der Waals surface area contributed by atoms with Crippen molar-refractivity contribution in [2.45, 2.75) is 76.5 Å². The molecule has 1 fully saturated rings. The minimum atomic E-state index is -0.770. The molecule has 3 atom stereocenters. The number of fused-ring (bicyclic) bond motifs is 2. The molecule has 4 N–H and O–H groups in total. The molecule has 0 spiro atoms. The van der Waals surface area contributed by atoms with Gasteiger partial charge in [0.25, 0.3) is 11.8 Å². The first-order chi connectivity index (χ1) is 20.3. The van der Waals surface area contributed by atoms with Crippen LogP contribution >= 0.6 is 11.3 Å². The van der Waals surface area contributed by atoms with E-state index in [0.29, 0.717) is 49.0 Å². The van der Waals surface area contributed by atoms with E-state index in [1.807, 2.05) is 61.0 Å². The highest BCUT2D eigenvalue weighted by Crippen LogP contribution is 2.36. The number of carbonyl (C=O) groups excluding carboxylic acids is 4. The first-order valence-electron chi connectivity index (χ1n) is 14.7. The Morgan fingerprint density at radius 2 is 1.81 bits per heavy atom. The Bertz CT molecular complexity index is 1410. The van der Waals surface area contributed by atoms with Gasteiger partial charge in [-0.05, 0) is 55.7 Å². The van der Waals surface area contributed by atoms with Crippen LogP contribution in [0.25, 0.3) is 0 Å². The molecule has 10 nitrogen and oxygen atoms in total. The number of carbonyl (C=O) groups is 4. The molecular weight excluding hydrogens is 552 g/mol. The second-order valence-electron chi connectivity index (χ2n) is 11.4. The molecule has 4 amide bonds. The standard InChI is InChI=1S/C31H38N6O4S/c1-19(2)26-31-35-24(18-42-31)29(40)34-23(17-20-9-4-3-5-10-20)27(38)32-15-7-6-11-22(28(39)36-26)33-30(41)25-12-8-16-37(25)21-13-14-21/h3-5,8-10,12,16,18-19,21-23,26H,6-7,11,13-15,17H2,1-2H3,(H,32,38)(H,33,41)(H,34,40)(H,36,39)/t22-,23+,26+/m0/s1. The summed E-state index contributed by atoms with van der Waals surface area (Å²) in [4.78, 5) is 57.8. The molecule has 0 unspecified atom stereocenters. The fraction of sp³-hybridized carbons (Fsp3) is 0.452. The molecule has 1 aliphatic carbocycles. The van der Waals surface area contributed by atoms with E-state index in [1.165, 1.54) is 11.3 Å². The highest BCUT2D eigenvalue weighted by molar-refractivity contribution is 7.09. The van der Waals surface area contributed by atoms with Crippen LogP contribution in [-0.2, 0) is 16.0 Å². The Morgan fingerprint density at radius 1 is 1.02 bits per heavy atom. The minimum Gasteiger partial charge on any atom is -0.354 e. The lowest BCUT2D eigenvalue weighted by Crippen LogP contribution is -2.49. The van der Waals surface area contributed by atoms with Crippen molar-refractivity contribution in [2.24, 2.45) is 5.92 Å². The molecule has 11 heteroatoms. The van der Waals surface area contributed by atoms with Crippen LogP contribution in [0.5, 0.6) is 0 Å². The second kappa shape index (κ2) is 13.3. The zero-order valence-corrected chi connectivity index (χ0v) is 24.8. The molecule has 1 aromatic carbocycles. The number of nitrogens with one attached hydrogen (secondary N) is 4. The van der Waals surface area contributed by atoms with Gasteiger partial charge in [-0.2, -0.15) is 0 Å². The quantitative estimate of drug-likeness (QED) is 0.349. The van der Waals surface area contributed by atoms with Gasteiger partial charge < -0.3 is 25.8 Å². The van der Waals surface area contributed by atoms with Crippen LogP contribution in [-0.4, -0.2) is 51.8 Å². The van der Waals surface area contributed by atoms with Crippen molar-refractivity contribution in [1.82, 2.24) is 30.8 Å². The van der Waals surface area contributed by atoms with E-state index >= 15 is 0 Å². The number of nitrogens with zero attached hydrogens (tertiary/aromatic N) is 2. The predicted octanol–water partition coefficient (Wildman–Crippen LogP) is 3.53. The van der Waals surface area contributed by atoms with E-state index < -0.39 is 24.0 Å². The Hall–Kier alpha value is -3.99. The zero-order chi connectivity index (χ0) is 29.6. The number of rotatable bonds is 6. The first kappa shape index (κ1) is 29.5. The summed E-state index contributed by atoms with van der Waals surface area (Å²) < 4.78 is 1.98. The minimum absolute atomic E-state index is 0.0186. The van der Waals surface area contributed by atoms with Crippen LogP contribution in [0.3, 0.4) is 0 Å². The molecule has 3 aromatic rings. The van der Waals surface area contributed by atoms with Crippen LogP contribution in [0.1, 0.15) is 89.6 Å². The molecule has 1 saturated carbocycles. The number of thiazole rings is 1. The monoisotopic (exact) mass is 590 g/mol. The van der Waals surface area contributed by atoms with Gasteiger partial charge in [-0.15, -0.1) is 11.3 Å². The molecule has 0 radical (unpaired) electrons. The van der Waals surface area contributed by atoms with Crippen LogP contribution in [0.15, 0.2) is 54.0 Å². The highest BCUT2D eigenvalue weighted by Gasteiger charge is 2.31. The van der Waals surface area contributed by atoms with Gasteiger partial charge in [0.15, 0.2) is 0 Å². The van der Waals surface area contributed by atoms with Crippen molar-refractivity contribution in [3.63, 3.8) is 0 Å². The topological polar surface area (TPSA) is 134 Å². The third-order valence-electron chi connectivity index (χ3n) is 7.68. The summed E-state index contributed by atoms with van der Waals surface area (Å²) in [5.74, 6) is -1.33. The van der Waals surface area contributed by atoms with Gasteiger partial charge in [0.1, 0.15) is 28.5 Å². The van der Waals surface area contributed by atoms with Gasteiger partial charge >= 0.3 is 0 Å². The smallest absolute Gasteiger partial charge is 0.271 e. The van der Waals surface area contributed by atoms with Crippen LogP contribution < -0.4 is 21.3 Å². The van der Waals surface area contributed by atoms with Crippen LogP contribution in [0.4, 0.5) is 0 Å². The fourth-order valence-corrected chi connectivity index (χ4v) is 6.18. The van der Waals surface area contributed by atoms with Crippen molar-refractivity contribution < 1.29 is 19.2 Å². The lowest BCUT2D eigenvalue weighted by atomic mass is 10.0. The Labute approximate surface area is 249 Å². The SMILES string of the molecule is CC(C)[C@H]1NC(=O)[C@@H](NC(=O)c2cccn2C2CC2)CCCCNC(=O)[C@@H](Cc2ccccc2)NC(=O)c2csc1n2. The Kier molecular flexibility index (Phi) is 9.36. The molecule has 1 aliphatic heterocycles. The van der Waals surface area contributed by atoms with Gasteiger partial charge in [-0.3, -0.25) is 19.2 Å².